The number of ether oxygens (including phenoxy) is 2. The lowest BCUT2D eigenvalue weighted by atomic mass is 9.91. The summed E-state index contributed by atoms with van der Waals surface area (Å²) in [6.07, 6.45) is 2.02. The number of morpholine rings is 1. The van der Waals surface area contributed by atoms with Gasteiger partial charge in [-0.15, -0.1) is 0 Å². The van der Waals surface area contributed by atoms with E-state index in [0.717, 1.165) is 32.6 Å². The highest BCUT2D eigenvalue weighted by Gasteiger charge is 2.40. The molecule has 0 aromatic heterocycles. The van der Waals surface area contributed by atoms with Gasteiger partial charge in [-0.2, -0.15) is 0 Å². The quantitative estimate of drug-likeness (QED) is 0.758. The second-order valence-corrected chi connectivity index (χ2v) is 4.92. The van der Waals surface area contributed by atoms with Crippen LogP contribution in [0.15, 0.2) is 18.2 Å². The van der Waals surface area contributed by atoms with Crippen molar-refractivity contribution >= 4 is 5.97 Å². The zero-order valence-corrected chi connectivity index (χ0v) is 10.5. The van der Waals surface area contributed by atoms with Crippen LogP contribution in [0.5, 0.6) is 0 Å². The summed E-state index contributed by atoms with van der Waals surface area (Å²) in [6, 6.07) is 5.83. The molecule has 0 amide bonds. The molecule has 1 aromatic carbocycles. The van der Waals surface area contributed by atoms with Gasteiger partial charge >= 0.3 is 5.97 Å². The number of nitrogens with one attached hydrogen (secondary N) is 1. The molecule has 0 unspecified atom stereocenters. The zero-order chi connectivity index (χ0) is 12.6. The van der Waals surface area contributed by atoms with Crippen LogP contribution in [-0.4, -0.2) is 32.8 Å². The molecule has 0 radical (unpaired) electrons. The van der Waals surface area contributed by atoms with Crippen molar-refractivity contribution in [3.8, 4) is 0 Å². The molecule has 1 aliphatic carbocycles. The fourth-order valence-electron chi connectivity index (χ4n) is 2.99. The predicted octanol–water partition coefficient (Wildman–Crippen LogP) is 1.23. The molecule has 1 N–H and O–H groups in total. The number of rotatable bonds is 1. The molecule has 0 saturated carbocycles. The van der Waals surface area contributed by atoms with E-state index < -0.39 is 0 Å². The number of carbonyl (C=O) groups is 1. The van der Waals surface area contributed by atoms with Crippen LogP contribution in [0.25, 0.3) is 0 Å². The minimum absolute atomic E-state index is 0.0395. The Kier molecular flexibility index (Phi) is 2.84. The van der Waals surface area contributed by atoms with Crippen LogP contribution in [0.4, 0.5) is 0 Å². The monoisotopic (exact) mass is 247 g/mol. The van der Waals surface area contributed by atoms with Crippen LogP contribution >= 0.6 is 0 Å². The molecule has 1 spiro atoms. The Hall–Kier alpha value is -1.39. The minimum Gasteiger partial charge on any atom is -0.465 e. The maximum Gasteiger partial charge on any atom is 0.337 e. The molecular weight excluding hydrogens is 230 g/mol. The van der Waals surface area contributed by atoms with Crippen molar-refractivity contribution in [3.63, 3.8) is 0 Å². The first-order valence-electron chi connectivity index (χ1n) is 6.30. The first kappa shape index (κ1) is 11.7. The predicted molar refractivity (Wildman–Crippen MR) is 66.6 cm³/mol. The fraction of sp³-hybridized carbons (Fsp3) is 0.500. The lowest BCUT2D eigenvalue weighted by molar-refractivity contribution is 0.0260. The second kappa shape index (κ2) is 4.37. The standard InChI is InChI=1S/C14H17NO3/c1-17-13(16)11-2-3-12-10(8-11)4-5-14(12)9-18-7-6-15-14/h2-3,8,15H,4-7,9H2,1H3/t14-/m0/s1. The minimum atomic E-state index is -0.272. The SMILES string of the molecule is COC(=O)c1ccc2c(c1)CC[C@]21COCCN1. The maximum atomic E-state index is 11.5. The fourth-order valence-corrected chi connectivity index (χ4v) is 2.99. The van der Waals surface area contributed by atoms with E-state index in [4.69, 9.17) is 9.47 Å². The summed E-state index contributed by atoms with van der Waals surface area (Å²) in [5.41, 5.74) is 3.10. The number of esters is 1. The van der Waals surface area contributed by atoms with E-state index in [1.54, 1.807) is 0 Å². The van der Waals surface area contributed by atoms with Gasteiger partial charge in [-0.05, 0) is 36.1 Å². The third-order valence-electron chi connectivity index (χ3n) is 3.92. The zero-order valence-electron chi connectivity index (χ0n) is 10.5. The van der Waals surface area contributed by atoms with Crippen LogP contribution in [0.2, 0.25) is 0 Å². The molecular formula is C14H17NO3. The van der Waals surface area contributed by atoms with Gasteiger partial charge in [0.2, 0.25) is 0 Å². The van der Waals surface area contributed by atoms with Crippen LogP contribution in [0.1, 0.15) is 27.9 Å². The van der Waals surface area contributed by atoms with E-state index in [0.29, 0.717) is 5.56 Å². The van der Waals surface area contributed by atoms with Crippen molar-refractivity contribution in [3.05, 3.63) is 34.9 Å². The summed E-state index contributed by atoms with van der Waals surface area (Å²) in [7, 11) is 1.41. The molecule has 1 atom stereocenters. The van der Waals surface area contributed by atoms with Gasteiger partial charge in [-0.3, -0.25) is 0 Å². The van der Waals surface area contributed by atoms with E-state index in [-0.39, 0.29) is 11.5 Å². The van der Waals surface area contributed by atoms with Gasteiger partial charge < -0.3 is 14.8 Å². The summed E-state index contributed by atoms with van der Waals surface area (Å²) in [6.45, 7) is 2.38. The topological polar surface area (TPSA) is 47.6 Å². The highest BCUT2D eigenvalue weighted by molar-refractivity contribution is 5.89. The summed E-state index contributed by atoms with van der Waals surface area (Å²) >= 11 is 0. The van der Waals surface area contributed by atoms with Crippen molar-refractivity contribution in [1.82, 2.24) is 5.32 Å². The number of carbonyl (C=O) groups excluding carboxylic acids is 1. The van der Waals surface area contributed by atoms with Crippen LogP contribution < -0.4 is 5.32 Å². The van der Waals surface area contributed by atoms with Gasteiger partial charge in [-0.25, -0.2) is 4.79 Å². The smallest absolute Gasteiger partial charge is 0.337 e. The van der Waals surface area contributed by atoms with E-state index in [1.807, 2.05) is 18.2 Å². The van der Waals surface area contributed by atoms with Gasteiger partial charge in [-0.1, -0.05) is 6.07 Å². The number of hydrogen-bond donors (Lipinski definition) is 1. The largest absolute Gasteiger partial charge is 0.465 e. The highest BCUT2D eigenvalue weighted by Crippen LogP contribution is 2.38. The molecule has 1 aromatic rings. The van der Waals surface area contributed by atoms with Crippen molar-refractivity contribution < 1.29 is 14.3 Å². The molecule has 1 aliphatic heterocycles. The number of methoxy groups -OCH3 is 1. The molecule has 96 valence electrons. The lowest BCUT2D eigenvalue weighted by Crippen LogP contribution is -2.50. The maximum absolute atomic E-state index is 11.5. The summed E-state index contributed by atoms with van der Waals surface area (Å²) in [5.74, 6) is -0.272. The molecule has 1 saturated heterocycles. The molecule has 2 aliphatic rings. The Labute approximate surface area is 106 Å². The molecule has 18 heavy (non-hydrogen) atoms. The van der Waals surface area contributed by atoms with Crippen molar-refractivity contribution in [2.75, 3.05) is 26.9 Å². The first-order chi connectivity index (χ1) is 8.75. The molecule has 1 fully saturated rings. The Morgan fingerprint density at radius 2 is 2.39 bits per heavy atom. The van der Waals surface area contributed by atoms with Gasteiger partial charge in [0.05, 0.1) is 31.4 Å². The summed E-state index contributed by atoms with van der Waals surface area (Å²) < 4.78 is 10.4. The third-order valence-corrected chi connectivity index (χ3v) is 3.92. The normalized spacial score (nSPS) is 26.1. The molecule has 0 bridgehead atoms. The molecule has 1 heterocycles. The van der Waals surface area contributed by atoms with Crippen molar-refractivity contribution in [2.45, 2.75) is 18.4 Å². The van der Waals surface area contributed by atoms with Crippen molar-refractivity contribution in [2.24, 2.45) is 0 Å². The molecule has 3 rings (SSSR count). The van der Waals surface area contributed by atoms with Crippen LogP contribution in [-0.2, 0) is 21.4 Å². The van der Waals surface area contributed by atoms with E-state index in [2.05, 4.69) is 5.32 Å². The number of benzene rings is 1. The Balaban J connectivity index is 1.96. The average Bonchev–Trinajstić information content (AvgIpc) is 2.77. The van der Waals surface area contributed by atoms with Crippen LogP contribution in [0, 0.1) is 0 Å². The Morgan fingerprint density at radius 3 is 3.11 bits per heavy atom. The first-order valence-corrected chi connectivity index (χ1v) is 6.30. The number of fused-ring (bicyclic) bond motifs is 2. The van der Waals surface area contributed by atoms with Gasteiger partial charge in [0.15, 0.2) is 0 Å². The Morgan fingerprint density at radius 1 is 1.50 bits per heavy atom. The average molecular weight is 247 g/mol. The molecule has 4 nitrogen and oxygen atoms in total. The van der Waals surface area contributed by atoms with Crippen LogP contribution in [0.3, 0.4) is 0 Å². The number of hydrogen-bond acceptors (Lipinski definition) is 4. The van der Waals surface area contributed by atoms with E-state index in [1.165, 1.54) is 18.2 Å². The number of aryl methyl sites for hydroxylation is 1. The van der Waals surface area contributed by atoms with Crippen molar-refractivity contribution in [1.29, 1.82) is 0 Å². The highest BCUT2D eigenvalue weighted by atomic mass is 16.5. The molecule has 4 heteroatoms. The second-order valence-electron chi connectivity index (χ2n) is 4.92. The Bertz CT molecular complexity index is 478. The van der Waals surface area contributed by atoms with Gasteiger partial charge in [0.25, 0.3) is 0 Å². The van der Waals surface area contributed by atoms with Gasteiger partial charge in [0.1, 0.15) is 0 Å². The van der Waals surface area contributed by atoms with E-state index >= 15 is 0 Å². The summed E-state index contributed by atoms with van der Waals surface area (Å²) in [5, 5.41) is 3.57. The third kappa shape index (κ3) is 1.72. The van der Waals surface area contributed by atoms with E-state index in [9.17, 15) is 4.79 Å². The lowest BCUT2D eigenvalue weighted by Gasteiger charge is -2.35. The van der Waals surface area contributed by atoms with Gasteiger partial charge in [0, 0.05) is 6.54 Å². The summed E-state index contributed by atoms with van der Waals surface area (Å²) in [4.78, 5) is 11.5.